The second-order valence-corrected chi connectivity index (χ2v) is 8.46. The predicted molar refractivity (Wildman–Crippen MR) is 112 cm³/mol. The van der Waals surface area contributed by atoms with Gasteiger partial charge in [-0.05, 0) is 49.9 Å². The minimum atomic E-state index is -4.32. The van der Waals surface area contributed by atoms with Crippen LogP contribution in [0.25, 0.3) is 0 Å². The van der Waals surface area contributed by atoms with Crippen molar-refractivity contribution in [1.82, 2.24) is 9.80 Å². The van der Waals surface area contributed by atoms with E-state index in [1.54, 1.807) is 6.07 Å². The largest absolute Gasteiger partial charge is 0.416 e. The number of anilines is 1. The number of halogens is 3. The zero-order chi connectivity index (χ0) is 22.4. The van der Waals surface area contributed by atoms with Gasteiger partial charge < -0.3 is 15.5 Å². The number of amides is 2. The van der Waals surface area contributed by atoms with E-state index < -0.39 is 17.6 Å². The smallest absolute Gasteiger partial charge is 0.370 e. The third-order valence-corrected chi connectivity index (χ3v) is 6.32. The minimum Gasteiger partial charge on any atom is -0.370 e. The number of carbonyl (C=O) groups excluding carboxylic acids is 2. The highest BCUT2D eigenvalue weighted by molar-refractivity contribution is 5.82. The average molecular weight is 441 g/mol. The lowest BCUT2D eigenvalue weighted by molar-refractivity contribution is -0.137. The van der Waals surface area contributed by atoms with E-state index in [-0.39, 0.29) is 18.7 Å². The molecule has 0 unspecified atom stereocenters. The number of piperazine rings is 1. The maximum atomic E-state index is 12.9. The normalized spacial score (nSPS) is 18.9. The summed E-state index contributed by atoms with van der Waals surface area (Å²) in [5.41, 5.74) is 5.13. The first-order valence-corrected chi connectivity index (χ1v) is 10.9. The van der Waals surface area contributed by atoms with Crippen LogP contribution >= 0.6 is 0 Å². The van der Waals surface area contributed by atoms with E-state index in [1.165, 1.54) is 12.1 Å². The van der Waals surface area contributed by atoms with Crippen molar-refractivity contribution in [1.29, 1.82) is 0 Å². The van der Waals surface area contributed by atoms with E-state index in [9.17, 15) is 22.8 Å². The lowest BCUT2D eigenvalue weighted by atomic mass is 9.93. The summed E-state index contributed by atoms with van der Waals surface area (Å²) in [5.74, 6) is 0.126. The first kappa shape index (κ1) is 23.4. The standard InChI is InChI=1S/C22H31F3N4O2/c23-22(24,25)18-2-1-3-19(16-18)28-14-12-27(13-15-28)9-6-17-7-10-29(11-8-17)21(31)5-4-20(26)30/h1-3,16-17H,4-15H2,(H2,26,30). The van der Waals surface area contributed by atoms with E-state index in [0.29, 0.717) is 24.7 Å². The third kappa shape index (κ3) is 6.85. The fourth-order valence-corrected chi connectivity index (χ4v) is 4.33. The van der Waals surface area contributed by atoms with Gasteiger partial charge in [0.05, 0.1) is 5.56 Å². The highest BCUT2D eigenvalue weighted by Crippen LogP contribution is 2.32. The molecule has 0 atom stereocenters. The van der Waals surface area contributed by atoms with Gasteiger partial charge in [0.25, 0.3) is 0 Å². The van der Waals surface area contributed by atoms with Gasteiger partial charge in [0.1, 0.15) is 0 Å². The molecule has 9 heteroatoms. The van der Waals surface area contributed by atoms with Crippen molar-refractivity contribution in [2.75, 3.05) is 50.7 Å². The van der Waals surface area contributed by atoms with Gasteiger partial charge in [-0.1, -0.05) is 6.07 Å². The summed E-state index contributed by atoms with van der Waals surface area (Å²) < 4.78 is 38.8. The van der Waals surface area contributed by atoms with E-state index >= 15 is 0 Å². The van der Waals surface area contributed by atoms with Crippen molar-refractivity contribution in [2.24, 2.45) is 11.7 Å². The van der Waals surface area contributed by atoms with Crippen LogP contribution in [0.1, 0.15) is 37.7 Å². The quantitative estimate of drug-likeness (QED) is 0.708. The predicted octanol–water partition coefficient (Wildman–Crippen LogP) is 2.72. The van der Waals surface area contributed by atoms with Gasteiger partial charge in [0, 0.05) is 57.8 Å². The average Bonchev–Trinajstić information content (AvgIpc) is 2.76. The van der Waals surface area contributed by atoms with Crippen LogP contribution in [0.2, 0.25) is 0 Å². The maximum absolute atomic E-state index is 12.9. The van der Waals surface area contributed by atoms with Gasteiger partial charge in [-0.25, -0.2) is 0 Å². The number of nitrogens with two attached hydrogens (primary N) is 1. The highest BCUT2D eigenvalue weighted by atomic mass is 19.4. The zero-order valence-electron chi connectivity index (χ0n) is 17.7. The molecule has 1 aromatic carbocycles. The Bertz CT molecular complexity index is 755. The van der Waals surface area contributed by atoms with Gasteiger partial charge >= 0.3 is 6.18 Å². The molecule has 2 heterocycles. The molecule has 1 aromatic rings. The van der Waals surface area contributed by atoms with Gasteiger partial charge in [-0.3, -0.25) is 14.5 Å². The van der Waals surface area contributed by atoms with Crippen molar-refractivity contribution in [3.05, 3.63) is 29.8 Å². The summed E-state index contributed by atoms with van der Waals surface area (Å²) in [7, 11) is 0. The van der Waals surface area contributed by atoms with Crippen LogP contribution in [-0.2, 0) is 15.8 Å². The van der Waals surface area contributed by atoms with Crippen LogP contribution in [0.4, 0.5) is 18.9 Å². The van der Waals surface area contributed by atoms with E-state index in [4.69, 9.17) is 5.73 Å². The number of alkyl halides is 3. The number of piperidine rings is 1. The molecular weight excluding hydrogens is 409 g/mol. The molecule has 0 saturated carbocycles. The molecule has 0 spiro atoms. The summed E-state index contributed by atoms with van der Waals surface area (Å²) in [6, 6.07) is 5.55. The summed E-state index contributed by atoms with van der Waals surface area (Å²) in [6.07, 6.45) is -1.03. The molecule has 2 saturated heterocycles. The molecule has 172 valence electrons. The Morgan fingerprint density at radius 1 is 1.00 bits per heavy atom. The molecule has 2 fully saturated rings. The number of primary amides is 1. The lowest BCUT2D eigenvalue weighted by Crippen LogP contribution is -2.47. The second kappa shape index (κ2) is 10.3. The van der Waals surface area contributed by atoms with Gasteiger partial charge in [-0.2, -0.15) is 13.2 Å². The fraction of sp³-hybridized carbons (Fsp3) is 0.636. The Kier molecular flexibility index (Phi) is 7.80. The molecular formula is C22H31F3N4O2. The van der Waals surface area contributed by atoms with Crippen molar-refractivity contribution < 1.29 is 22.8 Å². The summed E-state index contributed by atoms with van der Waals surface area (Å²) >= 11 is 0. The van der Waals surface area contributed by atoms with E-state index in [2.05, 4.69) is 4.90 Å². The minimum absolute atomic E-state index is 0.00274. The van der Waals surface area contributed by atoms with Crippen LogP contribution in [0.3, 0.4) is 0 Å². The Labute approximate surface area is 181 Å². The molecule has 0 aromatic heterocycles. The topological polar surface area (TPSA) is 69.9 Å². The maximum Gasteiger partial charge on any atom is 0.416 e. The Morgan fingerprint density at radius 2 is 1.68 bits per heavy atom. The van der Waals surface area contributed by atoms with E-state index in [1.807, 2.05) is 9.80 Å². The number of rotatable bonds is 7. The number of likely N-dealkylation sites (tertiary alicyclic amines) is 1. The van der Waals surface area contributed by atoms with Crippen LogP contribution < -0.4 is 10.6 Å². The van der Waals surface area contributed by atoms with Crippen molar-refractivity contribution in [3.8, 4) is 0 Å². The number of carbonyl (C=O) groups is 2. The number of nitrogens with zero attached hydrogens (tertiary/aromatic N) is 3. The number of hydrogen-bond donors (Lipinski definition) is 1. The summed E-state index contributed by atoms with van der Waals surface area (Å²) in [5, 5.41) is 0. The zero-order valence-corrected chi connectivity index (χ0v) is 17.7. The van der Waals surface area contributed by atoms with Crippen LogP contribution in [0.5, 0.6) is 0 Å². The molecule has 0 bridgehead atoms. The van der Waals surface area contributed by atoms with Crippen molar-refractivity contribution in [2.45, 2.75) is 38.3 Å². The summed E-state index contributed by atoms with van der Waals surface area (Å²) in [4.78, 5) is 29.1. The monoisotopic (exact) mass is 440 g/mol. The fourth-order valence-electron chi connectivity index (χ4n) is 4.33. The van der Waals surface area contributed by atoms with Gasteiger partial charge in [0.2, 0.25) is 11.8 Å². The molecule has 3 rings (SSSR count). The molecule has 6 nitrogen and oxygen atoms in total. The Morgan fingerprint density at radius 3 is 2.29 bits per heavy atom. The van der Waals surface area contributed by atoms with Gasteiger partial charge in [-0.15, -0.1) is 0 Å². The summed E-state index contributed by atoms with van der Waals surface area (Å²) in [6.45, 7) is 5.53. The molecule has 0 radical (unpaired) electrons. The molecule has 31 heavy (non-hydrogen) atoms. The Balaban J connectivity index is 1.37. The first-order valence-electron chi connectivity index (χ1n) is 10.9. The molecule has 2 N–H and O–H groups in total. The SMILES string of the molecule is NC(=O)CCC(=O)N1CCC(CCN2CCN(c3cccc(C(F)(F)F)c3)CC2)CC1. The number of benzene rings is 1. The van der Waals surface area contributed by atoms with Crippen molar-refractivity contribution in [3.63, 3.8) is 0 Å². The van der Waals surface area contributed by atoms with Crippen molar-refractivity contribution >= 4 is 17.5 Å². The van der Waals surface area contributed by atoms with Crippen LogP contribution in [-0.4, -0.2) is 67.4 Å². The second-order valence-electron chi connectivity index (χ2n) is 8.46. The van der Waals surface area contributed by atoms with Crippen LogP contribution in [0.15, 0.2) is 24.3 Å². The Hall–Kier alpha value is -2.29. The van der Waals surface area contributed by atoms with E-state index in [0.717, 1.165) is 58.1 Å². The third-order valence-electron chi connectivity index (χ3n) is 6.32. The molecule has 2 aliphatic heterocycles. The highest BCUT2D eigenvalue weighted by Gasteiger charge is 2.31. The van der Waals surface area contributed by atoms with Gasteiger partial charge in [0.15, 0.2) is 0 Å². The lowest BCUT2D eigenvalue weighted by Gasteiger charge is -2.38. The molecule has 0 aliphatic carbocycles. The van der Waals surface area contributed by atoms with Crippen LogP contribution in [0, 0.1) is 5.92 Å². The molecule has 2 amide bonds. The first-order chi connectivity index (χ1) is 14.7. The molecule has 2 aliphatic rings. The number of hydrogen-bond acceptors (Lipinski definition) is 4.